The summed E-state index contributed by atoms with van der Waals surface area (Å²) in [7, 11) is 0. The van der Waals surface area contributed by atoms with Gasteiger partial charge in [-0.3, -0.25) is 9.59 Å². The van der Waals surface area contributed by atoms with Crippen molar-refractivity contribution in [3.63, 3.8) is 0 Å². The summed E-state index contributed by atoms with van der Waals surface area (Å²) in [6.45, 7) is 1.49. The van der Waals surface area contributed by atoms with Crippen LogP contribution in [0.3, 0.4) is 0 Å². The quantitative estimate of drug-likeness (QED) is 0.637. The number of benzene rings is 1. The molecular weight excluding hydrogens is 318 g/mol. The Bertz CT molecular complexity index is 607. The van der Waals surface area contributed by atoms with E-state index in [1.54, 1.807) is 0 Å². The molecule has 5 heteroatoms. The third-order valence-electron chi connectivity index (χ3n) is 4.82. The van der Waals surface area contributed by atoms with Gasteiger partial charge >= 0.3 is 5.97 Å². The van der Waals surface area contributed by atoms with Gasteiger partial charge in [-0.15, -0.1) is 0 Å². The third kappa shape index (κ3) is 4.92. The lowest BCUT2D eigenvalue weighted by atomic mass is 9.82. The maximum absolute atomic E-state index is 12.6. The summed E-state index contributed by atoms with van der Waals surface area (Å²) >= 11 is 0. The van der Waals surface area contributed by atoms with Crippen molar-refractivity contribution in [1.82, 2.24) is 5.32 Å². The predicted molar refractivity (Wildman–Crippen MR) is 93.6 cm³/mol. The Morgan fingerprint density at radius 1 is 1.12 bits per heavy atom. The smallest absolute Gasteiger partial charge is 0.310 e. The fraction of sp³-hybridized carbons (Fsp3) is 0.500. The zero-order valence-electron chi connectivity index (χ0n) is 14.4. The molecule has 1 saturated heterocycles. The van der Waals surface area contributed by atoms with E-state index in [-0.39, 0.29) is 30.5 Å². The second kappa shape index (κ2) is 8.81. The molecule has 0 bridgehead atoms. The van der Waals surface area contributed by atoms with Crippen molar-refractivity contribution in [3.05, 3.63) is 48.0 Å². The van der Waals surface area contributed by atoms with E-state index in [0.29, 0.717) is 19.4 Å². The van der Waals surface area contributed by atoms with Crippen LogP contribution in [0.4, 0.5) is 0 Å². The van der Waals surface area contributed by atoms with E-state index in [0.717, 1.165) is 25.0 Å². The number of hydrogen-bond donors (Lipinski definition) is 1. The maximum atomic E-state index is 12.6. The van der Waals surface area contributed by atoms with Crippen molar-refractivity contribution in [2.24, 2.45) is 11.8 Å². The molecule has 1 aliphatic heterocycles. The molecule has 0 aromatic heterocycles. The largest absolute Gasteiger partial charge is 0.463 e. The van der Waals surface area contributed by atoms with Crippen LogP contribution in [0, 0.1) is 11.8 Å². The number of esters is 1. The summed E-state index contributed by atoms with van der Waals surface area (Å²) in [5.74, 6) is -1.17. The van der Waals surface area contributed by atoms with Gasteiger partial charge in [0, 0.05) is 13.2 Å². The summed E-state index contributed by atoms with van der Waals surface area (Å²) in [5, 5.41) is 2.95. The predicted octanol–water partition coefficient (Wildman–Crippen LogP) is 2.61. The number of amides is 1. The molecule has 0 saturated carbocycles. The molecular formula is C20H25NO4. The molecule has 1 aliphatic carbocycles. The normalized spacial score (nSPS) is 25.5. The highest BCUT2D eigenvalue weighted by Gasteiger charge is 2.35. The van der Waals surface area contributed by atoms with Crippen molar-refractivity contribution < 1.29 is 19.1 Å². The van der Waals surface area contributed by atoms with E-state index in [1.165, 1.54) is 0 Å². The summed E-state index contributed by atoms with van der Waals surface area (Å²) in [6.07, 6.45) is 7.00. The number of carbonyl (C=O) groups excluding carboxylic acids is 2. The van der Waals surface area contributed by atoms with Crippen LogP contribution >= 0.6 is 0 Å². The molecule has 1 fully saturated rings. The Morgan fingerprint density at radius 2 is 1.88 bits per heavy atom. The Hall–Kier alpha value is -2.14. The molecule has 25 heavy (non-hydrogen) atoms. The van der Waals surface area contributed by atoms with Crippen LogP contribution in [0.2, 0.25) is 0 Å². The van der Waals surface area contributed by atoms with Crippen LogP contribution in [-0.2, 0) is 25.6 Å². The lowest BCUT2D eigenvalue weighted by molar-refractivity contribution is -0.156. The number of carbonyl (C=O) groups is 2. The Morgan fingerprint density at radius 3 is 2.60 bits per heavy atom. The third-order valence-corrected chi connectivity index (χ3v) is 4.82. The highest BCUT2D eigenvalue weighted by atomic mass is 16.6. The van der Waals surface area contributed by atoms with Gasteiger partial charge < -0.3 is 14.8 Å². The SMILES string of the molecule is O=C(OC[C@H]1CCCO1)[C@H]1CC=CC[C@H]1C(=O)NCc1ccccc1. The van der Waals surface area contributed by atoms with Crippen LogP contribution in [0.25, 0.3) is 0 Å². The summed E-state index contributed by atoms with van der Waals surface area (Å²) in [4.78, 5) is 25.0. The lowest BCUT2D eigenvalue weighted by Gasteiger charge is -2.26. The van der Waals surface area contributed by atoms with Gasteiger partial charge in [-0.05, 0) is 31.2 Å². The summed E-state index contributed by atoms with van der Waals surface area (Å²) in [5.41, 5.74) is 1.04. The molecule has 3 atom stereocenters. The first-order valence-electron chi connectivity index (χ1n) is 8.99. The van der Waals surface area contributed by atoms with Gasteiger partial charge in [-0.1, -0.05) is 42.5 Å². The Balaban J connectivity index is 1.53. The van der Waals surface area contributed by atoms with E-state index < -0.39 is 5.92 Å². The molecule has 1 heterocycles. The first-order chi connectivity index (χ1) is 12.2. The minimum absolute atomic E-state index is 0.00781. The van der Waals surface area contributed by atoms with Crippen LogP contribution in [-0.4, -0.2) is 31.2 Å². The molecule has 0 radical (unpaired) electrons. The second-order valence-corrected chi connectivity index (χ2v) is 6.62. The van der Waals surface area contributed by atoms with Gasteiger partial charge in [0.1, 0.15) is 6.61 Å². The van der Waals surface area contributed by atoms with Gasteiger partial charge in [0.15, 0.2) is 0 Å². The van der Waals surface area contributed by atoms with Gasteiger partial charge in [-0.25, -0.2) is 0 Å². The number of ether oxygens (including phenoxy) is 2. The fourth-order valence-corrected chi connectivity index (χ4v) is 3.34. The van der Waals surface area contributed by atoms with Crippen LogP contribution < -0.4 is 5.32 Å². The van der Waals surface area contributed by atoms with Crippen molar-refractivity contribution >= 4 is 11.9 Å². The lowest BCUT2D eigenvalue weighted by Crippen LogP contribution is -2.39. The van der Waals surface area contributed by atoms with E-state index in [2.05, 4.69) is 5.32 Å². The van der Waals surface area contributed by atoms with Crippen LogP contribution in [0.1, 0.15) is 31.2 Å². The van der Waals surface area contributed by atoms with Gasteiger partial charge in [0.2, 0.25) is 5.91 Å². The molecule has 0 unspecified atom stereocenters. The first kappa shape index (κ1) is 17.7. The minimum Gasteiger partial charge on any atom is -0.463 e. The zero-order chi connectivity index (χ0) is 17.5. The highest BCUT2D eigenvalue weighted by molar-refractivity contribution is 5.86. The summed E-state index contributed by atoms with van der Waals surface area (Å²) in [6, 6.07) is 9.76. The van der Waals surface area contributed by atoms with E-state index in [9.17, 15) is 9.59 Å². The molecule has 3 rings (SSSR count). The van der Waals surface area contributed by atoms with Crippen molar-refractivity contribution in [3.8, 4) is 0 Å². The standard InChI is InChI=1S/C20H25NO4/c22-19(21-13-15-7-2-1-3-8-15)17-10-4-5-11-18(17)20(23)25-14-16-9-6-12-24-16/h1-5,7-8,16-18H,6,9-14H2,(H,21,22)/t16-,17-,18+/m1/s1. The van der Waals surface area contributed by atoms with Gasteiger partial charge in [0.05, 0.1) is 17.9 Å². The molecule has 1 N–H and O–H groups in total. The number of rotatable bonds is 6. The van der Waals surface area contributed by atoms with Gasteiger partial charge in [-0.2, -0.15) is 0 Å². The Labute approximate surface area is 148 Å². The molecule has 0 spiro atoms. The van der Waals surface area contributed by atoms with Crippen molar-refractivity contribution in [1.29, 1.82) is 0 Å². The molecule has 134 valence electrons. The molecule has 1 aromatic carbocycles. The molecule has 1 aromatic rings. The average Bonchev–Trinajstić information content (AvgIpc) is 3.18. The zero-order valence-corrected chi connectivity index (χ0v) is 14.4. The monoisotopic (exact) mass is 343 g/mol. The minimum atomic E-state index is -0.415. The first-order valence-corrected chi connectivity index (χ1v) is 8.99. The van der Waals surface area contributed by atoms with E-state index in [1.807, 2.05) is 42.5 Å². The van der Waals surface area contributed by atoms with Gasteiger partial charge in [0.25, 0.3) is 0 Å². The summed E-state index contributed by atoms with van der Waals surface area (Å²) < 4.78 is 10.9. The molecule has 2 aliphatic rings. The fourth-order valence-electron chi connectivity index (χ4n) is 3.34. The van der Waals surface area contributed by atoms with Crippen molar-refractivity contribution in [2.75, 3.05) is 13.2 Å². The average molecular weight is 343 g/mol. The Kier molecular flexibility index (Phi) is 6.23. The van der Waals surface area contributed by atoms with Crippen LogP contribution in [0.5, 0.6) is 0 Å². The second-order valence-electron chi connectivity index (χ2n) is 6.62. The number of hydrogen-bond acceptors (Lipinski definition) is 4. The maximum Gasteiger partial charge on any atom is 0.310 e. The number of nitrogens with one attached hydrogen (secondary N) is 1. The number of allylic oxidation sites excluding steroid dienone is 2. The van der Waals surface area contributed by atoms with E-state index >= 15 is 0 Å². The van der Waals surface area contributed by atoms with Crippen molar-refractivity contribution in [2.45, 2.75) is 38.3 Å². The van der Waals surface area contributed by atoms with Crippen LogP contribution in [0.15, 0.2) is 42.5 Å². The van der Waals surface area contributed by atoms with E-state index in [4.69, 9.17) is 9.47 Å². The molecule has 5 nitrogen and oxygen atoms in total. The highest BCUT2D eigenvalue weighted by Crippen LogP contribution is 2.27. The topological polar surface area (TPSA) is 64.6 Å². The molecule has 1 amide bonds.